The van der Waals surface area contributed by atoms with Crippen LogP contribution in [0.4, 0.5) is 0 Å². The first-order chi connectivity index (χ1) is 4.34. The molecule has 47 valence electrons. The fourth-order valence-electron chi connectivity index (χ4n) is 0.650. The average Bonchev–Trinajstić information content (AvgIpc) is 1.89. The fourth-order valence-corrected chi connectivity index (χ4v) is 0.650. The van der Waals surface area contributed by atoms with E-state index >= 15 is 0 Å². The van der Waals surface area contributed by atoms with Crippen LogP contribution in [0.25, 0.3) is 0 Å². The summed E-state index contributed by atoms with van der Waals surface area (Å²) in [6.45, 7) is 1.83. The standard InChI is InChI=1S/C7H7O2/c1-6-4-2-3-5-7(6)9-8/h2-5H,1H3. The first kappa shape index (κ1) is 6.11. The molecule has 0 saturated carbocycles. The highest BCUT2D eigenvalue weighted by Gasteiger charge is 1.94. The van der Waals surface area contributed by atoms with E-state index in [2.05, 4.69) is 4.89 Å². The van der Waals surface area contributed by atoms with Gasteiger partial charge >= 0.3 is 0 Å². The van der Waals surface area contributed by atoms with Crippen molar-refractivity contribution >= 4 is 0 Å². The first-order valence-electron chi connectivity index (χ1n) is 2.70. The lowest BCUT2D eigenvalue weighted by Gasteiger charge is -1.95. The van der Waals surface area contributed by atoms with Gasteiger partial charge in [-0.1, -0.05) is 18.2 Å². The van der Waals surface area contributed by atoms with E-state index in [9.17, 15) is 5.26 Å². The summed E-state index contributed by atoms with van der Waals surface area (Å²) in [5, 5.41) is 9.85. The van der Waals surface area contributed by atoms with Crippen molar-refractivity contribution in [1.29, 1.82) is 0 Å². The molecule has 0 fully saturated rings. The van der Waals surface area contributed by atoms with Gasteiger partial charge in [-0.2, -0.15) is 0 Å². The van der Waals surface area contributed by atoms with E-state index in [-0.39, 0.29) is 0 Å². The number of hydrogen-bond acceptors (Lipinski definition) is 1. The van der Waals surface area contributed by atoms with Crippen molar-refractivity contribution in [2.75, 3.05) is 0 Å². The Morgan fingerprint density at radius 2 is 2.00 bits per heavy atom. The Bertz CT molecular complexity index is 196. The van der Waals surface area contributed by atoms with Crippen molar-refractivity contribution in [3.63, 3.8) is 0 Å². The third-order valence-electron chi connectivity index (χ3n) is 1.18. The normalized spacial score (nSPS) is 9.11. The molecule has 2 heteroatoms. The Hall–Kier alpha value is -1.02. The molecule has 0 amide bonds. The minimum atomic E-state index is 0.400. The number of rotatable bonds is 1. The van der Waals surface area contributed by atoms with E-state index in [4.69, 9.17) is 0 Å². The van der Waals surface area contributed by atoms with Crippen LogP contribution in [0.1, 0.15) is 5.56 Å². The molecule has 0 spiro atoms. The molecule has 0 bridgehead atoms. The molecule has 1 rings (SSSR count). The van der Waals surface area contributed by atoms with Crippen LogP contribution in [0.2, 0.25) is 0 Å². The molecule has 2 nitrogen and oxygen atoms in total. The maximum Gasteiger partial charge on any atom is 0.171 e. The SMILES string of the molecule is Cc1ccccc1O[O]. The molecule has 9 heavy (non-hydrogen) atoms. The summed E-state index contributed by atoms with van der Waals surface area (Å²) in [5.74, 6) is 0.400. The van der Waals surface area contributed by atoms with Crippen LogP contribution in [-0.2, 0) is 5.26 Å². The van der Waals surface area contributed by atoms with Gasteiger partial charge in [-0.15, -0.1) is 0 Å². The zero-order valence-corrected chi connectivity index (χ0v) is 5.13. The molecule has 1 aromatic rings. The van der Waals surface area contributed by atoms with E-state index in [0.29, 0.717) is 5.75 Å². The average molecular weight is 123 g/mol. The fraction of sp³-hybridized carbons (Fsp3) is 0.143. The molecule has 0 N–H and O–H groups in total. The largest absolute Gasteiger partial charge is 0.305 e. The van der Waals surface area contributed by atoms with Crippen LogP contribution < -0.4 is 4.89 Å². The van der Waals surface area contributed by atoms with Crippen LogP contribution in [0.15, 0.2) is 24.3 Å². The van der Waals surface area contributed by atoms with Crippen molar-refractivity contribution in [3.05, 3.63) is 29.8 Å². The summed E-state index contributed by atoms with van der Waals surface area (Å²) < 4.78 is 0. The van der Waals surface area contributed by atoms with Gasteiger partial charge in [-0.3, -0.25) is 0 Å². The second kappa shape index (κ2) is 2.51. The van der Waals surface area contributed by atoms with Crippen LogP contribution in [0, 0.1) is 6.92 Å². The Morgan fingerprint density at radius 3 is 2.44 bits per heavy atom. The van der Waals surface area contributed by atoms with Gasteiger partial charge in [0.05, 0.1) is 0 Å². The summed E-state index contributed by atoms with van der Waals surface area (Å²) >= 11 is 0. The summed E-state index contributed by atoms with van der Waals surface area (Å²) in [7, 11) is 0. The third kappa shape index (κ3) is 1.21. The minimum absolute atomic E-state index is 0.400. The Morgan fingerprint density at radius 1 is 1.33 bits per heavy atom. The molecule has 0 unspecified atom stereocenters. The summed E-state index contributed by atoms with van der Waals surface area (Å²) in [4.78, 5) is 3.79. The predicted molar refractivity (Wildman–Crippen MR) is 32.5 cm³/mol. The smallest absolute Gasteiger partial charge is 0.171 e. The minimum Gasteiger partial charge on any atom is -0.305 e. The van der Waals surface area contributed by atoms with Crippen LogP contribution in [0.3, 0.4) is 0 Å². The summed E-state index contributed by atoms with van der Waals surface area (Å²) in [5.41, 5.74) is 0.868. The van der Waals surface area contributed by atoms with Gasteiger partial charge in [0.25, 0.3) is 0 Å². The number of hydrogen-bond donors (Lipinski definition) is 0. The highest BCUT2D eigenvalue weighted by molar-refractivity contribution is 5.30. The lowest BCUT2D eigenvalue weighted by atomic mass is 10.2. The molecular weight excluding hydrogens is 116 g/mol. The van der Waals surface area contributed by atoms with Gasteiger partial charge in [-0.25, -0.2) is 0 Å². The van der Waals surface area contributed by atoms with Gasteiger partial charge in [0.15, 0.2) is 5.75 Å². The molecule has 1 radical (unpaired) electrons. The maximum atomic E-state index is 9.85. The second-order valence-electron chi connectivity index (χ2n) is 1.85. The van der Waals surface area contributed by atoms with E-state index in [1.165, 1.54) is 0 Å². The topological polar surface area (TPSA) is 29.1 Å². The van der Waals surface area contributed by atoms with Crippen LogP contribution in [0.5, 0.6) is 5.75 Å². The van der Waals surface area contributed by atoms with E-state index in [1.807, 2.05) is 19.1 Å². The lowest BCUT2D eigenvalue weighted by Crippen LogP contribution is -1.83. The lowest BCUT2D eigenvalue weighted by molar-refractivity contribution is -0.209. The van der Waals surface area contributed by atoms with Crippen molar-refractivity contribution in [2.45, 2.75) is 6.92 Å². The van der Waals surface area contributed by atoms with E-state index < -0.39 is 0 Å². The highest BCUT2D eigenvalue weighted by Crippen LogP contribution is 2.14. The molecule has 0 aliphatic heterocycles. The highest BCUT2D eigenvalue weighted by atomic mass is 17.1. The summed E-state index contributed by atoms with van der Waals surface area (Å²) in [6.07, 6.45) is 0. The Labute approximate surface area is 53.6 Å². The number of para-hydroxylation sites is 1. The number of benzene rings is 1. The molecule has 0 aliphatic rings. The first-order valence-corrected chi connectivity index (χ1v) is 2.70. The third-order valence-corrected chi connectivity index (χ3v) is 1.18. The zero-order chi connectivity index (χ0) is 6.69. The maximum absolute atomic E-state index is 9.85. The molecule has 0 heterocycles. The van der Waals surface area contributed by atoms with E-state index in [1.54, 1.807) is 12.1 Å². The number of aryl methyl sites for hydroxylation is 1. The van der Waals surface area contributed by atoms with Crippen molar-refractivity contribution in [2.24, 2.45) is 0 Å². The molecule has 0 atom stereocenters. The second-order valence-corrected chi connectivity index (χ2v) is 1.85. The van der Waals surface area contributed by atoms with Crippen LogP contribution >= 0.6 is 0 Å². The Balaban J connectivity index is 3.01. The molecule has 1 aromatic carbocycles. The zero-order valence-electron chi connectivity index (χ0n) is 5.13. The van der Waals surface area contributed by atoms with Gasteiger partial charge in [0.2, 0.25) is 0 Å². The quantitative estimate of drug-likeness (QED) is 0.413. The van der Waals surface area contributed by atoms with Crippen molar-refractivity contribution in [1.82, 2.24) is 0 Å². The van der Waals surface area contributed by atoms with Gasteiger partial charge in [0, 0.05) is 5.26 Å². The van der Waals surface area contributed by atoms with E-state index in [0.717, 1.165) is 5.56 Å². The molecular formula is C7H7O2. The predicted octanol–water partition coefficient (Wildman–Crippen LogP) is 1.72. The van der Waals surface area contributed by atoms with Gasteiger partial charge in [-0.05, 0) is 18.6 Å². The molecule has 0 aliphatic carbocycles. The van der Waals surface area contributed by atoms with Crippen molar-refractivity contribution in [3.8, 4) is 5.75 Å². The molecule has 0 saturated heterocycles. The summed E-state index contributed by atoms with van der Waals surface area (Å²) in [6, 6.07) is 7.09. The van der Waals surface area contributed by atoms with Crippen molar-refractivity contribution < 1.29 is 10.1 Å². The molecule has 0 aromatic heterocycles. The van der Waals surface area contributed by atoms with Crippen LogP contribution in [-0.4, -0.2) is 0 Å². The monoisotopic (exact) mass is 123 g/mol. The van der Waals surface area contributed by atoms with Gasteiger partial charge < -0.3 is 4.89 Å². The van der Waals surface area contributed by atoms with Gasteiger partial charge in [0.1, 0.15) is 0 Å². The Kier molecular flexibility index (Phi) is 1.70.